The van der Waals surface area contributed by atoms with Gasteiger partial charge in [-0.05, 0) is 38.2 Å². The molecule has 0 bridgehead atoms. The quantitative estimate of drug-likeness (QED) is 0.299. The van der Waals surface area contributed by atoms with Gasteiger partial charge < -0.3 is 25.0 Å². The Labute approximate surface area is 191 Å². The molecule has 0 aliphatic heterocycles. The predicted octanol–water partition coefficient (Wildman–Crippen LogP) is 3.17. The molecular weight excluding hydrogens is 483 g/mol. The summed E-state index contributed by atoms with van der Waals surface area (Å²) < 4.78 is 11.8. The van der Waals surface area contributed by atoms with Crippen molar-refractivity contribution in [2.45, 2.75) is 51.7 Å². The summed E-state index contributed by atoms with van der Waals surface area (Å²) in [7, 11) is 5.14. The zero-order valence-corrected chi connectivity index (χ0v) is 20.3. The van der Waals surface area contributed by atoms with Crippen molar-refractivity contribution in [3.63, 3.8) is 0 Å². The summed E-state index contributed by atoms with van der Waals surface area (Å²) >= 11 is 0. The Morgan fingerprint density at radius 1 is 1.24 bits per heavy atom. The number of ether oxygens (including phenoxy) is 2. The van der Waals surface area contributed by atoms with Crippen LogP contribution in [0.2, 0.25) is 0 Å². The number of amides is 1. The van der Waals surface area contributed by atoms with Crippen LogP contribution in [0.15, 0.2) is 23.2 Å². The van der Waals surface area contributed by atoms with Crippen LogP contribution in [0.3, 0.4) is 0 Å². The molecule has 7 nitrogen and oxygen atoms in total. The third-order valence-corrected chi connectivity index (χ3v) is 4.72. The third kappa shape index (κ3) is 8.28. The average molecular weight is 518 g/mol. The summed E-state index contributed by atoms with van der Waals surface area (Å²) in [6.45, 7) is 3.51. The number of hydrogen-bond donors (Lipinski definition) is 2. The number of nitrogens with one attached hydrogen (secondary N) is 2. The Morgan fingerprint density at radius 2 is 1.97 bits per heavy atom. The smallest absolute Gasteiger partial charge is 0.241 e. The number of hydrogen-bond acceptors (Lipinski definition) is 4. The number of rotatable bonds is 9. The van der Waals surface area contributed by atoms with Crippen molar-refractivity contribution in [1.29, 1.82) is 0 Å². The highest BCUT2D eigenvalue weighted by Crippen LogP contribution is 2.35. The van der Waals surface area contributed by atoms with Gasteiger partial charge >= 0.3 is 0 Å². The van der Waals surface area contributed by atoms with E-state index in [1.54, 1.807) is 26.1 Å². The molecule has 8 heteroatoms. The van der Waals surface area contributed by atoms with E-state index in [4.69, 9.17) is 9.47 Å². The van der Waals surface area contributed by atoms with Crippen LogP contribution in [-0.2, 0) is 11.3 Å². The predicted molar refractivity (Wildman–Crippen MR) is 127 cm³/mol. The van der Waals surface area contributed by atoms with Crippen molar-refractivity contribution in [1.82, 2.24) is 15.5 Å². The van der Waals surface area contributed by atoms with Crippen LogP contribution in [0.1, 0.15) is 44.6 Å². The Balaban J connectivity index is 0.00000420. The number of nitrogens with zero attached hydrogens (tertiary/aromatic N) is 2. The third-order valence-electron chi connectivity index (χ3n) is 4.72. The summed E-state index contributed by atoms with van der Waals surface area (Å²) in [6, 6.07) is 5.88. The molecule has 1 fully saturated rings. The van der Waals surface area contributed by atoms with Gasteiger partial charge in [-0.25, -0.2) is 4.99 Å². The summed E-state index contributed by atoms with van der Waals surface area (Å²) in [5.41, 5.74) is 0.975. The molecule has 0 aromatic heterocycles. The lowest BCUT2D eigenvalue weighted by Crippen LogP contribution is -2.43. The lowest BCUT2D eigenvalue weighted by atomic mass is 10.1. The minimum absolute atomic E-state index is 0. The number of para-hydroxylation sites is 1. The maximum atomic E-state index is 11.9. The number of aliphatic imine (C=N–C) groups is 1. The first-order chi connectivity index (χ1) is 13.5. The van der Waals surface area contributed by atoms with Crippen LogP contribution in [-0.4, -0.2) is 57.2 Å². The molecule has 164 valence electrons. The second kappa shape index (κ2) is 13.5. The van der Waals surface area contributed by atoms with E-state index in [-0.39, 0.29) is 42.5 Å². The monoisotopic (exact) mass is 518 g/mol. The van der Waals surface area contributed by atoms with Gasteiger partial charge in [-0.3, -0.25) is 4.79 Å². The molecule has 1 aromatic rings. The van der Waals surface area contributed by atoms with E-state index >= 15 is 0 Å². The van der Waals surface area contributed by atoms with Crippen LogP contribution in [0.25, 0.3) is 0 Å². The molecule has 1 aliphatic rings. The second-order valence-electron chi connectivity index (χ2n) is 7.21. The molecule has 0 heterocycles. The van der Waals surface area contributed by atoms with E-state index in [0.29, 0.717) is 12.5 Å². The first-order valence-corrected chi connectivity index (χ1v) is 10.1. The zero-order chi connectivity index (χ0) is 20.4. The normalized spacial score (nSPS) is 14.1. The zero-order valence-electron chi connectivity index (χ0n) is 18.0. The molecule has 2 rings (SSSR count). The van der Waals surface area contributed by atoms with Gasteiger partial charge in [0.2, 0.25) is 5.91 Å². The molecule has 0 radical (unpaired) electrons. The Hall–Kier alpha value is -1.71. The minimum Gasteiger partial charge on any atom is -0.493 e. The van der Waals surface area contributed by atoms with Crippen LogP contribution >= 0.6 is 24.0 Å². The van der Waals surface area contributed by atoms with Crippen LogP contribution in [0.5, 0.6) is 11.5 Å². The number of guanidine groups is 1. The minimum atomic E-state index is -0.00219. The Morgan fingerprint density at radius 3 is 2.59 bits per heavy atom. The van der Waals surface area contributed by atoms with Crippen molar-refractivity contribution < 1.29 is 14.3 Å². The Bertz CT molecular complexity index is 661. The van der Waals surface area contributed by atoms with Gasteiger partial charge in [-0.1, -0.05) is 19.1 Å². The molecule has 0 spiro atoms. The average Bonchev–Trinajstić information content (AvgIpc) is 3.21. The molecule has 1 aliphatic carbocycles. The van der Waals surface area contributed by atoms with Gasteiger partial charge in [0, 0.05) is 26.2 Å². The van der Waals surface area contributed by atoms with Gasteiger partial charge in [-0.15, -0.1) is 24.0 Å². The van der Waals surface area contributed by atoms with Gasteiger partial charge in [0.1, 0.15) is 0 Å². The van der Waals surface area contributed by atoms with Crippen molar-refractivity contribution in [3.8, 4) is 11.5 Å². The van der Waals surface area contributed by atoms with E-state index in [1.807, 2.05) is 18.2 Å². The van der Waals surface area contributed by atoms with Crippen LogP contribution in [0.4, 0.5) is 0 Å². The topological polar surface area (TPSA) is 75.2 Å². The summed E-state index contributed by atoms with van der Waals surface area (Å²) in [5.74, 6) is 2.13. The van der Waals surface area contributed by atoms with E-state index in [2.05, 4.69) is 22.5 Å². The SMILES string of the molecule is CCCNC(=NCc1cccc(OC)c1OC1CCCC1)NCC(=O)N(C)C.I. The van der Waals surface area contributed by atoms with Crippen molar-refractivity contribution in [3.05, 3.63) is 23.8 Å². The summed E-state index contributed by atoms with van der Waals surface area (Å²) in [6.07, 6.45) is 5.80. The molecule has 0 saturated heterocycles. The van der Waals surface area contributed by atoms with Gasteiger partial charge in [0.25, 0.3) is 0 Å². The van der Waals surface area contributed by atoms with E-state index < -0.39 is 0 Å². The van der Waals surface area contributed by atoms with Crippen molar-refractivity contribution in [2.24, 2.45) is 4.99 Å². The second-order valence-corrected chi connectivity index (χ2v) is 7.21. The summed E-state index contributed by atoms with van der Waals surface area (Å²) in [4.78, 5) is 18.1. The molecular formula is C21H35IN4O3. The van der Waals surface area contributed by atoms with Crippen molar-refractivity contribution >= 4 is 35.8 Å². The van der Waals surface area contributed by atoms with Crippen molar-refractivity contribution in [2.75, 3.05) is 34.3 Å². The fourth-order valence-electron chi connectivity index (χ4n) is 3.05. The number of benzene rings is 1. The summed E-state index contributed by atoms with van der Waals surface area (Å²) in [5, 5.41) is 6.35. The lowest BCUT2D eigenvalue weighted by molar-refractivity contribution is -0.127. The molecule has 0 atom stereocenters. The van der Waals surface area contributed by atoms with Gasteiger partial charge in [0.05, 0.1) is 26.3 Å². The number of carbonyl (C=O) groups is 1. The van der Waals surface area contributed by atoms with E-state index in [1.165, 1.54) is 12.8 Å². The fraction of sp³-hybridized carbons (Fsp3) is 0.619. The standard InChI is InChI=1S/C21H34N4O3.HI/c1-5-13-22-21(24-15-19(26)25(2)3)23-14-16-9-8-12-18(27-4)20(16)28-17-10-6-7-11-17;/h8-9,12,17H,5-7,10-11,13-15H2,1-4H3,(H2,22,23,24);1H. The largest absolute Gasteiger partial charge is 0.493 e. The van der Waals surface area contributed by atoms with Crippen LogP contribution in [0, 0.1) is 0 Å². The maximum Gasteiger partial charge on any atom is 0.241 e. The maximum absolute atomic E-state index is 11.9. The molecule has 0 unspecified atom stereocenters. The van der Waals surface area contributed by atoms with Gasteiger partial charge in [0.15, 0.2) is 17.5 Å². The number of likely N-dealkylation sites (N-methyl/N-ethyl adjacent to an activating group) is 1. The van der Waals surface area contributed by atoms with E-state index in [9.17, 15) is 4.79 Å². The molecule has 1 aromatic carbocycles. The Kier molecular flexibility index (Phi) is 11.8. The number of methoxy groups -OCH3 is 1. The molecule has 1 amide bonds. The lowest BCUT2D eigenvalue weighted by Gasteiger charge is -2.19. The first-order valence-electron chi connectivity index (χ1n) is 10.1. The highest BCUT2D eigenvalue weighted by atomic mass is 127. The molecule has 2 N–H and O–H groups in total. The van der Waals surface area contributed by atoms with Crippen LogP contribution < -0.4 is 20.1 Å². The first kappa shape index (κ1) is 25.3. The highest BCUT2D eigenvalue weighted by molar-refractivity contribution is 14.0. The van der Waals surface area contributed by atoms with Gasteiger partial charge in [-0.2, -0.15) is 0 Å². The molecule has 1 saturated carbocycles. The molecule has 29 heavy (non-hydrogen) atoms. The fourth-order valence-corrected chi connectivity index (χ4v) is 3.05. The van der Waals surface area contributed by atoms with E-state index in [0.717, 1.165) is 42.9 Å². The number of carbonyl (C=O) groups excluding carboxylic acids is 1. The number of halogens is 1. The highest BCUT2D eigenvalue weighted by Gasteiger charge is 2.20.